The van der Waals surface area contributed by atoms with Crippen molar-refractivity contribution in [1.29, 1.82) is 0 Å². The Hall–Kier alpha value is -2.74. The second-order valence-electron chi connectivity index (χ2n) is 5.74. The van der Waals surface area contributed by atoms with Crippen molar-refractivity contribution in [2.45, 2.75) is 32.6 Å². The first kappa shape index (κ1) is 15.8. The molecule has 3 aromatic rings. The zero-order valence-electron chi connectivity index (χ0n) is 13.5. The molecule has 3 aromatic heterocycles. The number of nitrogens with one attached hydrogen (secondary N) is 1. The summed E-state index contributed by atoms with van der Waals surface area (Å²) in [6, 6.07) is 3.23. The van der Waals surface area contributed by atoms with E-state index in [1.54, 1.807) is 11.3 Å². The first-order chi connectivity index (χ1) is 12.2. The molecule has 0 unspecified atom stereocenters. The van der Waals surface area contributed by atoms with Gasteiger partial charge in [-0.3, -0.25) is 9.78 Å². The Kier molecular flexibility index (Phi) is 3.96. The molecule has 0 bridgehead atoms. The Morgan fingerprint density at radius 3 is 3.12 bits per heavy atom. The number of aromatic nitrogens is 2. The van der Waals surface area contributed by atoms with Crippen LogP contribution in [0.2, 0.25) is 0 Å². The molecule has 0 radical (unpaired) electrons. The number of H-pyrrole nitrogens is 1. The fraction of sp³-hybridized carbons (Fsp3) is 0.294. The maximum absolute atomic E-state index is 12.3. The van der Waals surface area contributed by atoms with Crippen LogP contribution in [-0.2, 0) is 12.8 Å². The van der Waals surface area contributed by atoms with Crippen molar-refractivity contribution in [3.05, 3.63) is 54.3 Å². The van der Waals surface area contributed by atoms with E-state index in [0.717, 1.165) is 30.5 Å². The zero-order valence-corrected chi connectivity index (χ0v) is 14.3. The van der Waals surface area contributed by atoms with Gasteiger partial charge in [0.25, 0.3) is 5.56 Å². The quantitative estimate of drug-likeness (QED) is 0.727. The smallest absolute Gasteiger partial charge is 0.337 e. The summed E-state index contributed by atoms with van der Waals surface area (Å²) < 4.78 is 5.05. The van der Waals surface area contributed by atoms with Gasteiger partial charge in [0.15, 0.2) is 0 Å². The monoisotopic (exact) mass is 357 g/mol. The summed E-state index contributed by atoms with van der Waals surface area (Å²) in [5, 5.41) is 6.44. The molecule has 0 aromatic carbocycles. The van der Waals surface area contributed by atoms with E-state index >= 15 is 0 Å². The number of aryl methyl sites for hydroxylation is 2. The van der Waals surface area contributed by atoms with Crippen molar-refractivity contribution in [2.75, 3.05) is 0 Å². The molecule has 0 atom stereocenters. The van der Waals surface area contributed by atoms with Gasteiger partial charge in [-0.2, -0.15) is 4.98 Å². The van der Waals surface area contributed by atoms with E-state index in [2.05, 4.69) is 15.1 Å². The van der Waals surface area contributed by atoms with Gasteiger partial charge in [0.05, 0.1) is 5.71 Å². The lowest BCUT2D eigenvalue weighted by molar-refractivity contribution is 0.310. The summed E-state index contributed by atoms with van der Waals surface area (Å²) in [4.78, 5) is 37.2. The maximum Gasteiger partial charge on any atom is 0.337 e. The largest absolute Gasteiger partial charge is 0.403 e. The third-order valence-corrected chi connectivity index (χ3v) is 5.15. The van der Waals surface area contributed by atoms with Gasteiger partial charge in [-0.25, -0.2) is 4.79 Å². The van der Waals surface area contributed by atoms with Gasteiger partial charge in [0.2, 0.25) is 5.71 Å². The average Bonchev–Trinajstić information content (AvgIpc) is 3.08. The highest BCUT2D eigenvalue weighted by Gasteiger charge is 2.18. The van der Waals surface area contributed by atoms with Crippen LogP contribution in [0.5, 0.6) is 6.01 Å². The first-order valence-electron chi connectivity index (χ1n) is 8.03. The SMILES string of the molecule is CCc1cc(=O)oc2nc(O/N=C3\CCCc4sccc43)[nH]c(=O)c12. The van der Waals surface area contributed by atoms with Crippen LogP contribution in [0.1, 0.15) is 35.8 Å². The molecule has 25 heavy (non-hydrogen) atoms. The molecule has 0 spiro atoms. The summed E-state index contributed by atoms with van der Waals surface area (Å²) in [5.74, 6) is 0. The first-order valence-corrected chi connectivity index (χ1v) is 8.91. The van der Waals surface area contributed by atoms with Crippen LogP contribution < -0.4 is 16.0 Å². The van der Waals surface area contributed by atoms with Crippen molar-refractivity contribution in [2.24, 2.45) is 5.16 Å². The van der Waals surface area contributed by atoms with E-state index in [1.165, 1.54) is 10.9 Å². The van der Waals surface area contributed by atoms with Gasteiger partial charge in [-0.15, -0.1) is 11.3 Å². The lowest BCUT2D eigenvalue weighted by atomic mass is 9.97. The number of fused-ring (bicyclic) bond motifs is 2. The van der Waals surface area contributed by atoms with Crippen LogP contribution >= 0.6 is 11.3 Å². The van der Waals surface area contributed by atoms with Crippen LogP contribution in [0, 0.1) is 0 Å². The fourth-order valence-electron chi connectivity index (χ4n) is 2.99. The lowest BCUT2D eigenvalue weighted by Gasteiger charge is -2.12. The Morgan fingerprint density at radius 1 is 1.40 bits per heavy atom. The third kappa shape index (κ3) is 2.89. The highest BCUT2D eigenvalue weighted by atomic mass is 32.1. The molecular weight excluding hydrogens is 342 g/mol. The summed E-state index contributed by atoms with van der Waals surface area (Å²) in [7, 11) is 0. The van der Waals surface area contributed by atoms with E-state index in [-0.39, 0.29) is 17.1 Å². The van der Waals surface area contributed by atoms with Gasteiger partial charge >= 0.3 is 11.6 Å². The molecule has 7 nitrogen and oxygen atoms in total. The molecule has 0 saturated carbocycles. The number of oxime groups is 1. The van der Waals surface area contributed by atoms with E-state index in [0.29, 0.717) is 12.0 Å². The fourth-order valence-corrected chi connectivity index (χ4v) is 3.93. The van der Waals surface area contributed by atoms with Crippen LogP contribution in [0.4, 0.5) is 0 Å². The summed E-state index contributed by atoms with van der Waals surface area (Å²) >= 11 is 1.70. The minimum atomic E-state index is -0.546. The van der Waals surface area contributed by atoms with Crippen molar-refractivity contribution >= 4 is 28.1 Å². The molecule has 0 aliphatic heterocycles. The molecule has 1 aliphatic carbocycles. The molecule has 8 heteroatoms. The van der Waals surface area contributed by atoms with E-state index in [1.807, 2.05) is 18.4 Å². The number of thiophene rings is 1. The molecule has 0 fully saturated rings. The summed E-state index contributed by atoms with van der Waals surface area (Å²) in [6.45, 7) is 1.85. The van der Waals surface area contributed by atoms with Crippen molar-refractivity contribution in [1.82, 2.24) is 9.97 Å². The van der Waals surface area contributed by atoms with Crippen molar-refractivity contribution < 1.29 is 9.25 Å². The van der Waals surface area contributed by atoms with E-state index < -0.39 is 11.2 Å². The highest BCUT2D eigenvalue weighted by Crippen LogP contribution is 2.26. The molecule has 128 valence electrons. The standard InChI is InChI=1S/C17H15N3O4S/c1-2-9-8-13(21)23-16-14(9)15(22)18-17(19-16)24-20-11-4-3-5-12-10(11)6-7-25-12/h6-8H,2-5H2,1H3,(H,18,19,22)/b20-11+. The van der Waals surface area contributed by atoms with Gasteiger partial charge < -0.3 is 9.25 Å². The minimum absolute atomic E-state index is 0.0387. The number of aromatic amines is 1. The number of hydrogen-bond acceptors (Lipinski definition) is 7. The normalized spacial score (nSPS) is 15.5. The van der Waals surface area contributed by atoms with Gasteiger partial charge in [0, 0.05) is 16.5 Å². The van der Waals surface area contributed by atoms with Crippen molar-refractivity contribution in [3.63, 3.8) is 0 Å². The van der Waals surface area contributed by atoms with E-state index in [9.17, 15) is 9.59 Å². The maximum atomic E-state index is 12.3. The third-order valence-electron chi connectivity index (χ3n) is 4.17. The molecule has 3 heterocycles. The molecule has 0 saturated heterocycles. The number of hydrogen-bond donors (Lipinski definition) is 1. The Bertz CT molecular complexity index is 1090. The Balaban J connectivity index is 1.73. The number of rotatable bonds is 3. The second kappa shape index (κ2) is 6.29. The van der Waals surface area contributed by atoms with Gasteiger partial charge in [-0.05, 0) is 42.7 Å². The van der Waals surface area contributed by atoms with Crippen LogP contribution in [0.3, 0.4) is 0 Å². The zero-order chi connectivity index (χ0) is 17.4. The summed E-state index contributed by atoms with van der Waals surface area (Å²) in [6.07, 6.45) is 3.38. The van der Waals surface area contributed by atoms with E-state index in [4.69, 9.17) is 9.25 Å². The molecule has 0 amide bonds. The average molecular weight is 357 g/mol. The minimum Gasteiger partial charge on any atom is -0.403 e. The lowest BCUT2D eigenvalue weighted by Crippen LogP contribution is -2.15. The molecule has 4 rings (SSSR count). The van der Waals surface area contributed by atoms with Crippen LogP contribution in [0.25, 0.3) is 11.1 Å². The van der Waals surface area contributed by atoms with Crippen LogP contribution in [-0.4, -0.2) is 15.7 Å². The number of nitrogens with zero attached hydrogens (tertiary/aromatic N) is 2. The topological polar surface area (TPSA) is 97.5 Å². The van der Waals surface area contributed by atoms with Crippen molar-refractivity contribution in [3.8, 4) is 6.01 Å². The molecular formula is C17H15N3O4S. The highest BCUT2D eigenvalue weighted by molar-refractivity contribution is 7.10. The van der Waals surface area contributed by atoms with Gasteiger partial charge in [-0.1, -0.05) is 12.1 Å². The molecule has 1 N–H and O–H groups in total. The van der Waals surface area contributed by atoms with Crippen LogP contribution in [0.15, 0.2) is 36.7 Å². The second-order valence-corrected chi connectivity index (χ2v) is 6.74. The Morgan fingerprint density at radius 2 is 2.28 bits per heavy atom. The van der Waals surface area contributed by atoms with Gasteiger partial charge in [0.1, 0.15) is 5.39 Å². The Labute approximate surface area is 146 Å². The predicted molar refractivity (Wildman–Crippen MR) is 94.7 cm³/mol. The molecule has 1 aliphatic rings. The summed E-state index contributed by atoms with van der Waals surface area (Å²) in [5.41, 5.74) is 1.50. The predicted octanol–water partition coefficient (Wildman–Crippen LogP) is 2.62.